The number of benzene rings is 3. The highest BCUT2D eigenvalue weighted by Crippen LogP contribution is 2.23. The number of H-pyrrole nitrogens is 1. The maximum Gasteiger partial charge on any atom is 0.261 e. The highest BCUT2D eigenvalue weighted by Gasteiger charge is 2.11. The van der Waals surface area contributed by atoms with Crippen molar-refractivity contribution in [3.8, 4) is 28.1 Å². The van der Waals surface area contributed by atoms with Gasteiger partial charge in [-0.05, 0) is 52.9 Å². The number of pyridine rings is 1. The van der Waals surface area contributed by atoms with Gasteiger partial charge in [0.2, 0.25) is 0 Å². The summed E-state index contributed by atoms with van der Waals surface area (Å²) < 4.78 is 5.14. The molecule has 0 spiro atoms. The average Bonchev–Trinajstić information content (AvgIpc) is 2.85. The van der Waals surface area contributed by atoms with Crippen molar-refractivity contribution in [1.29, 1.82) is 0 Å². The fourth-order valence-electron chi connectivity index (χ4n) is 3.50. The third-order valence-corrected chi connectivity index (χ3v) is 5.32. The average molecular weight is 425 g/mol. The third kappa shape index (κ3) is 4.95. The second-order valence-electron chi connectivity index (χ2n) is 7.41. The smallest absolute Gasteiger partial charge is 0.261 e. The van der Waals surface area contributed by atoms with Crippen LogP contribution in [0, 0.1) is 0 Å². The topological polar surface area (TPSA) is 71.2 Å². The number of ether oxygens (including phenoxy) is 1. The number of carbonyl (C=O) groups excluding carboxylic acids is 1. The first-order valence-corrected chi connectivity index (χ1v) is 10.4. The van der Waals surface area contributed by atoms with Gasteiger partial charge >= 0.3 is 0 Å². The standard InChI is InChI=1S/C27H24N2O3/c1-32-23-13-7-19(8-14-23)17-18-28-26(30)24-15-16-25(29-27(24)31)22-11-9-21(10-12-22)20-5-3-2-4-6-20/h2-16H,17-18H2,1H3,(H,28,30)(H,29,31). The third-order valence-electron chi connectivity index (χ3n) is 5.32. The van der Waals surface area contributed by atoms with Gasteiger partial charge < -0.3 is 15.0 Å². The summed E-state index contributed by atoms with van der Waals surface area (Å²) in [4.78, 5) is 27.8. The van der Waals surface area contributed by atoms with Crippen LogP contribution in [-0.2, 0) is 6.42 Å². The van der Waals surface area contributed by atoms with Crippen LogP contribution in [0.4, 0.5) is 0 Å². The minimum absolute atomic E-state index is 0.101. The fraction of sp³-hybridized carbons (Fsp3) is 0.111. The maximum atomic E-state index is 12.5. The predicted octanol–water partition coefficient (Wildman–Crippen LogP) is 4.69. The SMILES string of the molecule is COc1ccc(CCNC(=O)c2ccc(-c3ccc(-c4ccccc4)cc3)[nH]c2=O)cc1. The molecule has 4 aromatic rings. The fourth-order valence-corrected chi connectivity index (χ4v) is 3.50. The zero-order valence-corrected chi connectivity index (χ0v) is 17.8. The molecule has 0 unspecified atom stereocenters. The summed E-state index contributed by atoms with van der Waals surface area (Å²) in [6, 6.07) is 29.1. The van der Waals surface area contributed by atoms with Gasteiger partial charge in [0.15, 0.2) is 0 Å². The van der Waals surface area contributed by atoms with E-state index in [1.165, 1.54) is 0 Å². The summed E-state index contributed by atoms with van der Waals surface area (Å²) in [5.74, 6) is 0.407. The van der Waals surface area contributed by atoms with E-state index in [1.54, 1.807) is 19.2 Å². The first-order valence-electron chi connectivity index (χ1n) is 10.4. The van der Waals surface area contributed by atoms with E-state index in [9.17, 15) is 9.59 Å². The number of nitrogens with one attached hydrogen (secondary N) is 2. The highest BCUT2D eigenvalue weighted by molar-refractivity contribution is 5.94. The Balaban J connectivity index is 1.40. The molecule has 0 aliphatic carbocycles. The molecule has 3 aromatic carbocycles. The van der Waals surface area contributed by atoms with E-state index in [2.05, 4.69) is 22.4 Å². The molecule has 0 aliphatic rings. The lowest BCUT2D eigenvalue weighted by molar-refractivity contribution is 0.0952. The van der Waals surface area contributed by atoms with Crippen molar-refractivity contribution < 1.29 is 9.53 Å². The molecule has 2 N–H and O–H groups in total. The molecule has 0 bridgehead atoms. The number of rotatable bonds is 7. The molecule has 0 saturated carbocycles. The van der Waals surface area contributed by atoms with Crippen molar-refractivity contribution in [3.63, 3.8) is 0 Å². The molecule has 0 aliphatic heterocycles. The van der Waals surface area contributed by atoms with Crippen molar-refractivity contribution in [2.45, 2.75) is 6.42 Å². The number of hydrogen-bond acceptors (Lipinski definition) is 3. The normalized spacial score (nSPS) is 10.5. The van der Waals surface area contributed by atoms with Gasteiger partial charge in [-0.25, -0.2) is 0 Å². The van der Waals surface area contributed by atoms with Gasteiger partial charge in [0, 0.05) is 12.2 Å². The van der Waals surface area contributed by atoms with Gasteiger partial charge in [0.25, 0.3) is 11.5 Å². The Morgan fingerprint density at radius 2 is 1.47 bits per heavy atom. The number of carbonyl (C=O) groups is 1. The van der Waals surface area contributed by atoms with E-state index in [0.717, 1.165) is 28.0 Å². The molecule has 32 heavy (non-hydrogen) atoms. The van der Waals surface area contributed by atoms with Crippen LogP contribution in [0.25, 0.3) is 22.4 Å². The van der Waals surface area contributed by atoms with Crippen molar-refractivity contribution in [2.24, 2.45) is 0 Å². The predicted molar refractivity (Wildman–Crippen MR) is 127 cm³/mol. The lowest BCUT2D eigenvalue weighted by Gasteiger charge is -2.08. The Morgan fingerprint density at radius 3 is 2.12 bits per heavy atom. The van der Waals surface area contributed by atoms with E-state index in [0.29, 0.717) is 18.7 Å². The van der Waals surface area contributed by atoms with Crippen molar-refractivity contribution in [3.05, 3.63) is 112 Å². The van der Waals surface area contributed by atoms with Gasteiger partial charge in [0.05, 0.1) is 7.11 Å². The molecule has 4 rings (SSSR count). The first-order chi connectivity index (χ1) is 15.6. The van der Waals surface area contributed by atoms with Crippen LogP contribution in [0.3, 0.4) is 0 Å². The quantitative estimate of drug-likeness (QED) is 0.452. The molecule has 1 aromatic heterocycles. The highest BCUT2D eigenvalue weighted by atomic mass is 16.5. The van der Waals surface area contributed by atoms with Crippen molar-refractivity contribution in [2.75, 3.05) is 13.7 Å². The first kappa shape index (κ1) is 21.1. The van der Waals surface area contributed by atoms with Crippen LogP contribution in [0.1, 0.15) is 15.9 Å². The maximum absolute atomic E-state index is 12.5. The molecule has 1 heterocycles. The molecular formula is C27H24N2O3. The molecule has 5 nitrogen and oxygen atoms in total. The minimum Gasteiger partial charge on any atom is -0.497 e. The zero-order chi connectivity index (χ0) is 22.3. The van der Waals surface area contributed by atoms with Crippen LogP contribution in [0.5, 0.6) is 5.75 Å². The van der Waals surface area contributed by atoms with Crippen LogP contribution in [0.2, 0.25) is 0 Å². The van der Waals surface area contributed by atoms with Gasteiger partial charge in [-0.2, -0.15) is 0 Å². The Morgan fingerprint density at radius 1 is 0.812 bits per heavy atom. The molecule has 0 radical (unpaired) electrons. The summed E-state index contributed by atoms with van der Waals surface area (Å²) in [6.07, 6.45) is 0.666. The van der Waals surface area contributed by atoms with E-state index in [1.807, 2.05) is 66.7 Å². The summed E-state index contributed by atoms with van der Waals surface area (Å²) in [5.41, 5.74) is 4.56. The summed E-state index contributed by atoms with van der Waals surface area (Å²) >= 11 is 0. The Hall–Kier alpha value is -4.12. The van der Waals surface area contributed by atoms with Crippen LogP contribution in [0.15, 0.2) is 95.8 Å². The number of aromatic amines is 1. The Bertz CT molecular complexity index is 1240. The molecule has 0 saturated heterocycles. The largest absolute Gasteiger partial charge is 0.497 e. The number of amides is 1. The van der Waals surface area contributed by atoms with E-state index >= 15 is 0 Å². The van der Waals surface area contributed by atoms with Gasteiger partial charge in [-0.3, -0.25) is 9.59 Å². The second-order valence-corrected chi connectivity index (χ2v) is 7.41. The summed E-state index contributed by atoms with van der Waals surface area (Å²) in [5, 5.41) is 2.81. The molecular weight excluding hydrogens is 400 g/mol. The summed E-state index contributed by atoms with van der Waals surface area (Å²) in [7, 11) is 1.62. The second kappa shape index (κ2) is 9.79. The molecule has 160 valence electrons. The van der Waals surface area contributed by atoms with E-state index < -0.39 is 5.56 Å². The van der Waals surface area contributed by atoms with Gasteiger partial charge in [0.1, 0.15) is 11.3 Å². The van der Waals surface area contributed by atoms with E-state index in [-0.39, 0.29) is 11.5 Å². The monoisotopic (exact) mass is 424 g/mol. The van der Waals surface area contributed by atoms with Crippen LogP contribution >= 0.6 is 0 Å². The van der Waals surface area contributed by atoms with E-state index in [4.69, 9.17) is 4.74 Å². The molecule has 5 heteroatoms. The number of hydrogen-bond donors (Lipinski definition) is 2. The zero-order valence-electron chi connectivity index (χ0n) is 17.8. The Labute approximate surface area is 186 Å². The van der Waals surface area contributed by atoms with Crippen molar-refractivity contribution in [1.82, 2.24) is 10.3 Å². The Kier molecular flexibility index (Phi) is 6.46. The molecule has 0 fully saturated rings. The van der Waals surface area contributed by atoms with Crippen LogP contribution in [-0.4, -0.2) is 24.5 Å². The number of aromatic nitrogens is 1. The lowest BCUT2D eigenvalue weighted by Crippen LogP contribution is -2.31. The molecule has 1 amide bonds. The van der Waals surface area contributed by atoms with Crippen LogP contribution < -0.4 is 15.6 Å². The number of methoxy groups -OCH3 is 1. The van der Waals surface area contributed by atoms with Gasteiger partial charge in [-0.1, -0.05) is 66.7 Å². The minimum atomic E-state index is -0.406. The molecule has 0 atom stereocenters. The lowest BCUT2D eigenvalue weighted by atomic mass is 10.0. The van der Waals surface area contributed by atoms with Crippen molar-refractivity contribution >= 4 is 5.91 Å². The van der Waals surface area contributed by atoms with Gasteiger partial charge in [-0.15, -0.1) is 0 Å². The summed E-state index contributed by atoms with van der Waals surface area (Å²) in [6.45, 7) is 0.438.